The summed E-state index contributed by atoms with van der Waals surface area (Å²) in [6, 6.07) is 14.1. The van der Waals surface area contributed by atoms with Crippen LogP contribution >= 0.6 is 0 Å². The first-order valence-electron chi connectivity index (χ1n) is 16.4. The lowest BCUT2D eigenvalue weighted by Crippen LogP contribution is -2.29. The highest BCUT2D eigenvalue weighted by molar-refractivity contribution is 7.91. The monoisotopic (exact) mass is 706 g/mol. The second-order valence-electron chi connectivity index (χ2n) is 14.0. The molecule has 13 heteroatoms. The molecule has 1 aliphatic rings. The Morgan fingerprint density at radius 2 is 1.86 bits per heavy atom. The van der Waals surface area contributed by atoms with E-state index in [1.54, 1.807) is 37.5 Å². The fourth-order valence-corrected chi connectivity index (χ4v) is 8.76. The molecular weight excluding hydrogens is 666 g/mol. The van der Waals surface area contributed by atoms with Gasteiger partial charge in [0, 0.05) is 35.8 Å². The average Bonchev–Trinajstić information content (AvgIpc) is 3.67. The lowest BCUT2D eigenvalue weighted by molar-refractivity contribution is -0.144. The number of nitrogens with zero attached hydrogens (tertiary/aromatic N) is 3. The van der Waals surface area contributed by atoms with Gasteiger partial charge in [0.15, 0.2) is 39.2 Å². The molecule has 0 saturated heterocycles. The third kappa shape index (κ3) is 7.09. The van der Waals surface area contributed by atoms with E-state index in [2.05, 4.69) is 4.98 Å². The van der Waals surface area contributed by atoms with Crippen molar-refractivity contribution in [3.63, 3.8) is 0 Å². The van der Waals surface area contributed by atoms with Crippen molar-refractivity contribution in [1.29, 1.82) is 0 Å². The number of halogens is 2. The molecule has 0 aliphatic carbocycles. The quantitative estimate of drug-likeness (QED) is 0.198. The molecule has 4 bridgehead atoms. The van der Waals surface area contributed by atoms with Gasteiger partial charge in [0.05, 0.1) is 22.5 Å². The van der Waals surface area contributed by atoms with Crippen molar-refractivity contribution in [3.8, 4) is 28.6 Å². The van der Waals surface area contributed by atoms with Gasteiger partial charge in [-0.3, -0.25) is 0 Å². The first-order chi connectivity index (χ1) is 23.5. The van der Waals surface area contributed by atoms with Gasteiger partial charge in [-0.05, 0) is 80.5 Å². The Labute approximate surface area is 289 Å². The predicted molar refractivity (Wildman–Crippen MR) is 185 cm³/mol. The van der Waals surface area contributed by atoms with E-state index in [0.29, 0.717) is 47.3 Å². The summed E-state index contributed by atoms with van der Waals surface area (Å²) in [4.78, 5) is 19.3. The minimum Gasteiger partial charge on any atom is -0.479 e. The Hall–Kier alpha value is -4.78. The van der Waals surface area contributed by atoms with Crippen molar-refractivity contribution in [3.05, 3.63) is 89.4 Å². The number of aromatic nitrogens is 4. The van der Waals surface area contributed by atoms with E-state index in [0.717, 1.165) is 5.56 Å². The number of rotatable bonds is 4. The summed E-state index contributed by atoms with van der Waals surface area (Å²) < 4.78 is 71.7. The number of hydrogen-bond acceptors (Lipinski definition) is 7. The number of aliphatic carboxylic acids is 1. The summed E-state index contributed by atoms with van der Waals surface area (Å²) in [5, 5.41) is 14.8. The molecule has 0 spiro atoms. The SMILES string of the molecule is CC(Oc1cccc(C2(C)CCCC(C)(C)CS(=O)(=O)CCc3c(c(F)cc4[nH]ccc34)Oc3ccc(F)c(c3)-c3nc2nn3C)c1)C(=O)O. The molecule has 5 aromatic rings. The smallest absolute Gasteiger partial charge is 0.344 e. The molecule has 0 amide bonds. The van der Waals surface area contributed by atoms with Gasteiger partial charge in [-0.15, -0.1) is 0 Å². The predicted octanol–water partition coefficient (Wildman–Crippen LogP) is 7.36. The topological polar surface area (TPSA) is 136 Å². The maximum atomic E-state index is 15.7. The number of sulfone groups is 1. The van der Waals surface area contributed by atoms with E-state index >= 15 is 8.78 Å². The number of aryl methyl sites for hydroxylation is 2. The molecule has 2 atom stereocenters. The number of hydrogen-bond donors (Lipinski definition) is 2. The van der Waals surface area contributed by atoms with Crippen LogP contribution in [0.1, 0.15) is 63.9 Å². The summed E-state index contributed by atoms with van der Waals surface area (Å²) in [5.41, 5.74) is 0.235. The average molecular weight is 707 g/mol. The summed E-state index contributed by atoms with van der Waals surface area (Å²) in [6.45, 7) is 7.21. The molecule has 0 fully saturated rings. The number of nitrogens with one attached hydrogen (secondary N) is 1. The van der Waals surface area contributed by atoms with Crippen LogP contribution < -0.4 is 9.47 Å². The highest BCUT2D eigenvalue weighted by atomic mass is 32.2. The fourth-order valence-electron chi connectivity index (χ4n) is 6.76. The Morgan fingerprint density at radius 1 is 1.08 bits per heavy atom. The minimum atomic E-state index is -3.61. The van der Waals surface area contributed by atoms with Gasteiger partial charge < -0.3 is 19.6 Å². The van der Waals surface area contributed by atoms with Gasteiger partial charge in [-0.25, -0.2) is 31.7 Å². The third-order valence-corrected chi connectivity index (χ3v) is 11.5. The summed E-state index contributed by atoms with van der Waals surface area (Å²) >= 11 is 0. The van der Waals surface area contributed by atoms with Gasteiger partial charge in [-0.2, -0.15) is 5.10 Å². The Balaban J connectivity index is 1.50. The van der Waals surface area contributed by atoms with Crippen LogP contribution in [-0.4, -0.2) is 56.9 Å². The number of H-pyrrole nitrogens is 1. The van der Waals surface area contributed by atoms with Crippen molar-refractivity contribution in [2.45, 2.75) is 64.9 Å². The molecule has 6 rings (SSSR count). The molecule has 2 unspecified atom stereocenters. The molecular formula is C37H40F2N4O6S. The molecule has 0 radical (unpaired) electrons. The van der Waals surface area contributed by atoms with Crippen molar-refractivity contribution < 1.29 is 36.6 Å². The van der Waals surface area contributed by atoms with Crippen LogP contribution in [-0.2, 0) is 33.5 Å². The third-order valence-electron chi connectivity index (χ3n) is 9.46. The van der Waals surface area contributed by atoms with Crippen LogP contribution in [0.4, 0.5) is 8.78 Å². The molecule has 50 heavy (non-hydrogen) atoms. The van der Waals surface area contributed by atoms with E-state index in [9.17, 15) is 18.3 Å². The summed E-state index contributed by atoms with van der Waals surface area (Å²) in [7, 11) is -1.96. The van der Waals surface area contributed by atoms with Crippen molar-refractivity contribution >= 4 is 26.7 Å². The molecule has 3 heterocycles. The normalized spacial score (nSPS) is 19.8. The highest BCUT2D eigenvalue weighted by Crippen LogP contribution is 2.41. The Bertz CT molecular complexity index is 2200. The minimum absolute atomic E-state index is 0.0114. The number of carbonyl (C=O) groups is 1. The molecule has 264 valence electrons. The number of aromatic amines is 1. The second kappa shape index (κ2) is 13.2. The van der Waals surface area contributed by atoms with Crippen LogP contribution in [0.25, 0.3) is 22.3 Å². The number of fused-ring (bicyclic) bond motifs is 8. The van der Waals surface area contributed by atoms with Crippen molar-refractivity contribution in [1.82, 2.24) is 19.7 Å². The molecule has 2 aromatic heterocycles. The summed E-state index contributed by atoms with van der Waals surface area (Å²) in [6.07, 6.45) is 2.19. The van der Waals surface area contributed by atoms with Gasteiger partial charge in [-0.1, -0.05) is 32.4 Å². The van der Waals surface area contributed by atoms with Crippen LogP contribution in [0.3, 0.4) is 0 Å². The first-order valence-corrected chi connectivity index (χ1v) is 18.3. The number of ether oxygens (including phenoxy) is 2. The van der Waals surface area contributed by atoms with E-state index in [4.69, 9.17) is 19.6 Å². The largest absolute Gasteiger partial charge is 0.479 e. The van der Waals surface area contributed by atoms with E-state index in [1.165, 1.54) is 35.9 Å². The van der Waals surface area contributed by atoms with Crippen LogP contribution in [0.5, 0.6) is 17.2 Å². The van der Waals surface area contributed by atoms with Gasteiger partial charge >= 0.3 is 5.97 Å². The van der Waals surface area contributed by atoms with Crippen LogP contribution in [0.15, 0.2) is 60.8 Å². The highest BCUT2D eigenvalue weighted by Gasteiger charge is 2.36. The lowest BCUT2D eigenvalue weighted by atomic mass is 9.75. The molecule has 3 aromatic carbocycles. The van der Waals surface area contributed by atoms with Crippen molar-refractivity contribution in [2.24, 2.45) is 12.5 Å². The fraction of sp³-hybridized carbons (Fsp3) is 0.378. The van der Waals surface area contributed by atoms with E-state index < -0.39 is 44.4 Å². The number of carboxylic acids is 1. The van der Waals surface area contributed by atoms with Crippen molar-refractivity contribution in [2.75, 3.05) is 11.5 Å². The van der Waals surface area contributed by atoms with E-state index in [1.807, 2.05) is 26.8 Å². The number of benzene rings is 3. The van der Waals surface area contributed by atoms with Gasteiger partial charge in [0.2, 0.25) is 0 Å². The van der Waals surface area contributed by atoms with Gasteiger partial charge in [0.1, 0.15) is 17.3 Å². The molecule has 0 saturated carbocycles. The molecule has 10 nitrogen and oxygen atoms in total. The zero-order valence-electron chi connectivity index (χ0n) is 28.6. The first kappa shape index (κ1) is 35.1. The molecule has 1 aliphatic heterocycles. The van der Waals surface area contributed by atoms with Crippen LogP contribution in [0, 0.1) is 17.0 Å². The zero-order valence-corrected chi connectivity index (χ0v) is 29.4. The standard InChI is InChI=1S/C37H40F2N4O6S/c1-22(34(44)45)48-24-9-6-8-23(18-24)37(4)15-7-14-36(2,3)21-50(46,47)17-13-27-26-12-16-40-31(26)20-30(39)32(27)49-25-10-11-29(38)28(19-25)33-41-35(37)42-43(33)5/h6,8-12,16,18-20,22,40H,7,13-15,17,21H2,1-5H3,(H,44,45). The Kier molecular flexibility index (Phi) is 9.23. The Morgan fingerprint density at radius 3 is 2.62 bits per heavy atom. The number of carboxylic acid groups (broad SMARTS) is 1. The lowest BCUT2D eigenvalue weighted by Gasteiger charge is -2.30. The molecule has 2 N–H and O–H groups in total. The maximum Gasteiger partial charge on any atom is 0.344 e. The maximum absolute atomic E-state index is 15.7. The second-order valence-corrected chi connectivity index (χ2v) is 16.2. The van der Waals surface area contributed by atoms with E-state index in [-0.39, 0.29) is 40.8 Å². The van der Waals surface area contributed by atoms with Gasteiger partial charge in [0.25, 0.3) is 0 Å². The zero-order chi connectivity index (χ0) is 36.0. The summed E-state index contributed by atoms with van der Waals surface area (Å²) in [5.74, 6) is -1.74. The van der Waals surface area contributed by atoms with Crippen LogP contribution in [0.2, 0.25) is 0 Å².